The molecule has 1 aromatic rings. The van der Waals surface area contributed by atoms with Gasteiger partial charge in [0, 0.05) is 45.7 Å². The number of carbonyl (C=O) groups is 2. The monoisotopic (exact) mass is 399 g/mol. The van der Waals surface area contributed by atoms with Crippen LogP contribution in [0.4, 0.5) is 0 Å². The standard InChI is InChI=1S/C23H33N3O3/c1-29-20-5-2-4-18(16-20)8-9-22(27)25-12-3-11-24(14-15-25)21-10-13-26(23(21)28)17-19-6-7-19/h2,4-5,16,19,21H,3,6-15,17H2,1H3/t21-/m0/s1. The molecule has 0 bridgehead atoms. The van der Waals surface area contributed by atoms with E-state index in [2.05, 4.69) is 9.80 Å². The molecule has 6 heteroatoms. The van der Waals surface area contributed by atoms with E-state index in [1.165, 1.54) is 12.8 Å². The van der Waals surface area contributed by atoms with Crippen LogP contribution in [0.2, 0.25) is 0 Å². The van der Waals surface area contributed by atoms with E-state index in [9.17, 15) is 9.59 Å². The average molecular weight is 400 g/mol. The summed E-state index contributed by atoms with van der Waals surface area (Å²) < 4.78 is 5.26. The minimum absolute atomic E-state index is 0.0283. The van der Waals surface area contributed by atoms with E-state index in [-0.39, 0.29) is 11.9 Å². The summed E-state index contributed by atoms with van der Waals surface area (Å²) in [5.74, 6) is 2.11. The molecule has 1 atom stereocenters. The van der Waals surface area contributed by atoms with Crippen molar-refractivity contribution in [1.82, 2.24) is 14.7 Å². The number of methoxy groups -OCH3 is 1. The van der Waals surface area contributed by atoms with Gasteiger partial charge in [-0.3, -0.25) is 14.5 Å². The van der Waals surface area contributed by atoms with Crippen LogP contribution in [0.5, 0.6) is 5.75 Å². The molecule has 0 N–H and O–H groups in total. The van der Waals surface area contributed by atoms with Crippen molar-refractivity contribution in [3.63, 3.8) is 0 Å². The number of likely N-dealkylation sites (tertiary alicyclic amines) is 1. The molecule has 2 aliphatic heterocycles. The third kappa shape index (κ3) is 5.10. The van der Waals surface area contributed by atoms with Crippen LogP contribution < -0.4 is 4.74 Å². The summed E-state index contributed by atoms with van der Waals surface area (Å²) in [6, 6.07) is 7.95. The van der Waals surface area contributed by atoms with Crippen molar-refractivity contribution >= 4 is 11.8 Å². The van der Waals surface area contributed by atoms with Crippen molar-refractivity contribution in [2.24, 2.45) is 5.92 Å². The minimum atomic E-state index is 0.0283. The SMILES string of the molecule is COc1cccc(CCC(=O)N2CCCN([C@H]3CCN(CC4CC4)C3=O)CC2)c1. The number of hydrogen-bond donors (Lipinski definition) is 0. The van der Waals surface area contributed by atoms with E-state index in [0.717, 1.165) is 75.8 Å². The zero-order valence-electron chi connectivity index (χ0n) is 17.5. The highest BCUT2D eigenvalue weighted by Crippen LogP contribution is 2.31. The molecule has 3 fully saturated rings. The first-order valence-electron chi connectivity index (χ1n) is 11.1. The summed E-state index contributed by atoms with van der Waals surface area (Å²) in [5.41, 5.74) is 1.13. The fourth-order valence-electron chi connectivity index (χ4n) is 4.59. The molecule has 158 valence electrons. The number of hydrogen-bond acceptors (Lipinski definition) is 4. The fraction of sp³-hybridized carbons (Fsp3) is 0.652. The van der Waals surface area contributed by atoms with Crippen LogP contribution >= 0.6 is 0 Å². The van der Waals surface area contributed by atoms with Gasteiger partial charge in [0.1, 0.15) is 5.75 Å². The summed E-state index contributed by atoms with van der Waals surface area (Å²) in [6.07, 6.45) is 5.70. The number of amides is 2. The number of ether oxygens (including phenoxy) is 1. The molecule has 0 aromatic heterocycles. The number of aryl methyl sites for hydroxylation is 1. The Morgan fingerprint density at radius 1 is 1.10 bits per heavy atom. The molecule has 0 unspecified atom stereocenters. The van der Waals surface area contributed by atoms with Crippen molar-refractivity contribution < 1.29 is 14.3 Å². The highest BCUT2D eigenvalue weighted by atomic mass is 16.5. The van der Waals surface area contributed by atoms with Crippen molar-refractivity contribution in [3.05, 3.63) is 29.8 Å². The molecule has 0 radical (unpaired) electrons. The van der Waals surface area contributed by atoms with E-state index in [4.69, 9.17) is 4.74 Å². The average Bonchev–Trinajstić information content (AvgIpc) is 3.53. The first kappa shape index (κ1) is 20.2. The summed E-state index contributed by atoms with van der Waals surface area (Å²) in [5, 5.41) is 0. The Morgan fingerprint density at radius 2 is 1.97 bits per heavy atom. The van der Waals surface area contributed by atoms with E-state index < -0.39 is 0 Å². The molecule has 6 nitrogen and oxygen atoms in total. The number of carbonyl (C=O) groups excluding carboxylic acids is 2. The van der Waals surface area contributed by atoms with Crippen LogP contribution in [0.1, 0.15) is 37.7 Å². The maximum Gasteiger partial charge on any atom is 0.240 e. The van der Waals surface area contributed by atoms with E-state index in [0.29, 0.717) is 12.3 Å². The summed E-state index contributed by atoms with van der Waals surface area (Å²) >= 11 is 0. The van der Waals surface area contributed by atoms with Gasteiger partial charge in [-0.2, -0.15) is 0 Å². The van der Waals surface area contributed by atoms with E-state index in [1.807, 2.05) is 29.2 Å². The Morgan fingerprint density at radius 3 is 2.76 bits per heavy atom. The minimum Gasteiger partial charge on any atom is -0.497 e. The third-order valence-corrected chi connectivity index (χ3v) is 6.53. The number of nitrogens with zero attached hydrogens (tertiary/aromatic N) is 3. The summed E-state index contributed by atoms with van der Waals surface area (Å²) in [6.45, 7) is 5.09. The summed E-state index contributed by atoms with van der Waals surface area (Å²) in [7, 11) is 1.66. The van der Waals surface area contributed by atoms with Crippen LogP contribution in [-0.2, 0) is 16.0 Å². The smallest absolute Gasteiger partial charge is 0.240 e. The fourth-order valence-corrected chi connectivity index (χ4v) is 4.59. The summed E-state index contributed by atoms with van der Waals surface area (Å²) in [4.78, 5) is 31.9. The van der Waals surface area contributed by atoms with Crippen LogP contribution in [0.25, 0.3) is 0 Å². The lowest BCUT2D eigenvalue weighted by Crippen LogP contribution is -2.44. The first-order chi connectivity index (χ1) is 14.1. The molecular formula is C23H33N3O3. The predicted molar refractivity (Wildman–Crippen MR) is 112 cm³/mol. The van der Waals surface area contributed by atoms with Gasteiger partial charge in [0.15, 0.2) is 0 Å². The molecule has 2 amide bonds. The Kier molecular flexibility index (Phi) is 6.38. The second-order valence-corrected chi connectivity index (χ2v) is 8.65. The molecule has 1 saturated carbocycles. The molecule has 3 aliphatic rings. The zero-order valence-corrected chi connectivity index (χ0v) is 17.5. The lowest BCUT2D eigenvalue weighted by atomic mass is 10.1. The zero-order chi connectivity index (χ0) is 20.2. The number of rotatable bonds is 7. The Bertz CT molecular complexity index is 734. The molecule has 1 aliphatic carbocycles. The van der Waals surface area contributed by atoms with Gasteiger partial charge in [0.25, 0.3) is 0 Å². The quantitative estimate of drug-likeness (QED) is 0.705. The topological polar surface area (TPSA) is 53.1 Å². The Labute approximate surface area is 173 Å². The third-order valence-electron chi connectivity index (χ3n) is 6.53. The Balaban J connectivity index is 1.26. The number of benzene rings is 1. The van der Waals surface area contributed by atoms with Crippen molar-refractivity contribution in [3.8, 4) is 5.75 Å². The van der Waals surface area contributed by atoms with Crippen LogP contribution in [-0.4, -0.2) is 78.9 Å². The second kappa shape index (κ2) is 9.16. The van der Waals surface area contributed by atoms with Crippen molar-refractivity contribution in [2.45, 2.75) is 44.6 Å². The molecule has 0 spiro atoms. The van der Waals surface area contributed by atoms with Gasteiger partial charge in [0.2, 0.25) is 11.8 Å². The lowest BCUT2D eigenvalue weighted by Gasteiger charge is -2.26. The largest absolute Gasteiger partial charge is 0.497 e. The van der Waals surface area contributed by atoms with E-state index in [1.54, 1.807) is 7.11 Å². The van der Waals surface area contributed by atoms with Gasteiger partial charge in [-0.1, -0.05) is 12.1 Å². The first-order valence-corrected chi connectivity index (χ1v) is 11.1. The molecule has 2 heterocycles. The van der Waals surface area contributed by atoms with Gasteiger partial charge in [0.05, 0.1) is 13.2 Å². The molecule has 2 saturated heterocycles. The Hall–Kier alpha value is -2.08. The highest BCUT2D eigenvalue weighted by molar-refractivity contribution is 5.84. The molecular weight excluding hydrogens is 366 g/mol. The molecule has 4 rings (SSSR count). The lowest BCUT2D eigenvalue weighted by molar-refractivity contribution is -0.132. The van der Waals surface area contributed by atoms with Gasteiger partial charge in [-0.05, 0) is 55.7 Å². The van der Waals surface area contributed by atoms with Crippen molar-refractivity contribution in [1.29, 1.82) is 0 Å². The van der Waals surface area contributed by atoms with Crippen LogP contribution in [0, 0.1) is 5.92 Å². The van der Waals surface area contributed by atoms with Crippen molar-refractivity contribution in [2.75, 3.05) is 46.4 Å². The van der Waals surface area contributed by atoms with Gasteiger partial charge in [-0.15, -0.1) is 0 Å². The van der Waals surface area contributed by atoms with Gasteiger partial charge >= 0.3 is 0 Å². The van der Waals surface area contributed by atoms with Crippen LogP contribution in [0.3, 0.4) is 0 Å². The molecule has 1 aromatic carbocycles. The van der Waals surface area contributed by atoms with Gasteiger partial charge < -0.3 is 14.5 Å². The van der Waals surface area contributed by atoms with Gasteiger partial charge in [-0.25, -0.2) is 0 Å². The maximum atomic E-state index is 12.8. The predicted octanol–water partition coefficient (Wildman–Crippen LogP) is 2.17. The molecule has 29 heavy (non-hydrogen) atoms. The maximum absolute atomic E-state index is 12.8. The van der Waals surface area contributed by atoms with Crippen LogP contribution in [0.15, 0.2) is 24.3 Å². The highest BCUT2D eigenvalue weighted by Gasteiger charge is 2.38. The van der Waals surface area contributed by atoms with E-state index >= 15 is 0 Å². The normalized spacial score (nSPS) is 23.3. The second-order valence-electron chi connectivity index (χ2n) is 8.65.